The number of para-hydroxylation sites is 1. The van der Waals surface area contributed by atoms with Crippen LogP contribution in [-0.2, 0) is 10.5 Å². The van der Waals surface area contributed by atoms with Gasteiger partial charge in [0.25, 0.3) is 0 Å². The van der Waals surface area contributed by atoms with Gasteiger partial charge in [0.1, 0.15) is 5.75 Å². The summed E-state index contributed by atoms with van der Waals surface area (Å²) in [5.41, 5.74) is 5.86. The lowest BCUT2D eigenvalue weighted by Gasteiger charge is -2.05. The fourth-order valence-electron chi connectivity index (χ4n) is 2.00. The van der Waals surface area contributed by atoms with Crippen LogP contribution in [0.5, 0.6) is 5.75 Å². The summed E-state index contributed by atoms with van der Waals surface area (Å²) < 4.78 is 5.22. The monoisotopic (exact) mass is 328 g/mol. The Morgan fingerprint density at radius 2 is 1.96 bits per heavy atom. The van der Waals surface area contributed by atoms with E-state index >= 15 is 0 Å². The topological polar surface area (TPSA) is 50.7 Å². The zero-order valence-corrected chi connectivity index (χ0v) is 14.1. The van der Waals surface area contributed by atoms with Gasteiger partial charge in [-0.15, -0.1) is 11.8 Å². The number of nitrogens with zero attached hydrogens (tertiary/aromatic N) is 1. The SMILES string of the molecule is COc1ccccc1/C=N\NC(=O)CSCc1ccccc1C. The summed E-state index contributed by atoms with van der Waals surface area (Å²) in [6, 6.07) is 15.7. The molecular formula is C18H20N2O2S. The predicted octanol–water partition coefficient (Wildman–Crippen LogP) is 3.39. The third-order valence-electron chi connectivity index (χ3n) is 3.28. The fraction of sp³-hybridized carbons (Fsp3) is 0.222. The van der Waals surface area contributed by atoms with Crippen LogP contribution in [0.1, 0.15) is 16.7 Å². The van der Waals surface area contributed by atoms with Gasteiger partial charge in [-0.05, 0) is 30.2 Å². The van der Waals surface area contributed by atoms with Crippen molar-refractivity contribution in [3.63, 3.8) is 0 Å². The lowest BCUT2D eigenvalue weighted by Crippen LogP contribution is -2.19. The van der Waals surface area contributed by atoms with Gasteiger partial charge in [-0.1, -0.05) is 36.4 Å². The van der Waals surface area contributed by atoms with Crippen molar-refractivity contribution < 1.29 is 9.53 Å². The molecule has 2 aromatic carbocycles. The third kappa shape index (κ3) is 5.45. The minimum atomic E-state index is -0.116. The standard InChI is InChI=1S/C18H20N2O2S/c1-14-7-3-4-9-16(14)12-23-13-18(21)20-19-11-15-8-5-6-10-17(15)22-2/h3-11H,12-13H2,1-2H3,(H,20,21)/b19-11-. The molecule has 2 rings (SSSR count). The van der Waals surface area contributed by atoms with Crippen LogP contribution in [0.15, 0.2) is 53.6 Å². The molecule has 0 fully saturated rings. The molecule has 120 valence electrons. The Balaban J connectivity index is 1.77. The van der Waals surface area contributed by atoms with E-state index in [0.717, 1.165) is 17.1 Å². The molecule has 0 unspecified atom stereocenters. The summed E-state index contributed by atoms with van der Waals surface area (Å²) >= 11 is 1.57. The van der Waals surface area contributed by atoms with Crippen LogP contribution in [-0.4, -0.2) is 25.0 Å². The van der Waals surface area contributed by atoms with E-state index in [1.54, 1.807) is 25.1 Å². The molecule has 4 nitrogen and oxygen atoms in total. The second kappa shape index (κ2) is 9.00. The van der Waals surface area contributed by atoms with Gasteiger partial charge in [0, 0.05) is 11.3 Å². The van der Waals surface area contributed by atoms with Crippen LogP contribution in [0.25, 0.3) is 0 Å². The Kier molecular flexibility index (Phi) is 6.69. The zero-order valence-electron chi connectivity index (χ0n) is 13.3. The first-order valence-corrected chi connectivity index (χ1v) is 8.43. The van der Waals surface area contributed by atoms with Crippen LogP contribution in [0.4, 0.5) is 0 Å². The number of hydrazone groups is 1. The zero-order chi connectivity index (χ0) is 16.5. The van der Waals surface area contributed by atoms with Crippen LogP contribution < -0.4 is 10.2 Å². The van der Waals surface area contributed by atoms with Crippen molar-refractivity contribution in [2.24, 2.45) is 5.10 Å². The number of carbonyl (C=O) groups is 1. The van der Waals surface area contributed by atoms with Crippen molar-refractivity contribution in [2.45, 2.75) is 12.7 Å². The molecule has 0 bridgehead atoms. The molecule has 0 aliphatic heterocycles. The molecule has 0 aromatic heterocycles. The largest absolute Gasteiger partial charge is 0.496 e. The summed E-state index contributed by atoms with van der Waals surface area (Å²) in [6.07, 6.45) is 1.59. The summed E-state index contributed by atoms with van der Waals surface area (Å²) in [7, 11) is 1.60. The number of hydrogen-bond donors (Lipinski definition) is 1. The highest BCUT2D eigenvalue weighted by molar-refractivity contribution is 7.99. The number of hydrogen-bond acceptors (Lipinski definition) is 4. The molecule has 0 spiro atoms. The number of thioether (sulfide) groups is 1. The number of rotatable bonds is 7. The Labute approximate surface area is 140 Å². The van der Waals surface area contributed by atoms with E-state index in [2.05, 4.69) is 29.6 Å². The first-order valence-electron chi connectivity index (χ1n) is 7.28. The molecule has 0 atom stereocenters. The van der Waals surface area contributed by atoms with Gasteiger partial charge in [0.05, 0.1) is 19.1 Å². The molecule has 23 heavy (non-hydrogen) atoms. The molecule has 0 aliphatic carbocycles. The predicted molar refractivity (Wildman–Crippen MR) is 96.1 cm³/mol. The first-order chi connectivity index (χ1) is 11.2. The maximum Gasteiger partial charge on any atom is 0.250 e. The molecule has 0 aliphatic rings. The van der Waals surface area contributed by atoms with Gasteiger partial charge >= 0.3 is 0 Å². The minimum absolute atomic E-state index is 0.116. The van der Waals surface area contributed by atoms with Crippen LogP contribution in [0, 0.1) is 6.92 Å². The average Bonchev–Trinajstić information content (AvgIpc) is 2.57. The van der Waals surface area contributed by atoms with Gasteiger partial charge in [0.2, 0.25) is 5.91 Å². The summed E-state index contributed by atoms with van der Waals surface area (Å²) in [5, 5.41) is 3.98. The number of carbonyl (C=O) groups excluding carboxylic acids is 1. The van der Waals surface area contributed by atoms with Crippen molar-refractivity contribution in [3.05, 3.63) is 65.2 Å². The molecule has 0 radical (unpaired) electrons. The quantitative estimate of drug-likeness (QED) is 0.626. The van der Waals surface area contributed by atoms with Gasteiger partial charge in [-0.25, -0.2) is 5.43 Å². The second-order valence-electron chi connectivity index (χ2n) is 4.95. The molecular weight excluding hydrogens is 308 g/mol. The van der Waals surface area contributed by atoms with Crippen molar-refractivity contribution in [2.75, 3.05) is 12.9 Å². The molecule has 1 N–H and O–H groups in total. The maximum atomic E-state index is 11.8. The van der Waals surface area contributed by atoms with E-state index in [1.807, 2.05) is 36.4 Å². The second-order valence-corrected chi connectivity index (χ2v) is 5.94. The highest BCUT2D eigenvalue weighted by Crippen LogP contribution is 2.16. The maximum absolute atomic E-state index is 11.8. The molecule has 5 heteroatoms. The Morgan fingerprint density at radius 1 is 1.22 bits per heavy atom. The minimum Gasteiger partial charge on any atom is -0.496 e. The van der Waals surface area contributed by atoms with Gasteiger partial charge < -0.3 is 4.74 Å². The van der Waals surface area contributed by atoms with E-state index in [-0.39, 0.29) is 5.91 Å². The number of methoxy groups -OCH3 is 1. The van der Waals surface area contributed by atoms with E-state index in [9.17, 15) is 4.79 Å². The fourth-order valence-corrected chi connectivity index (χ4v) is 2.90. The number of nitrogens with one attached hydrogen (secondary N) is 1. The number of benzene rings is 2. The number of aryl methyl sites for hydroxylation is 1. The van der Waals surface area contributed by atoms with Gasteiger partial charge in [-0.3, -0.25) is 4.79 Å². The molecule has 0 saturated carbocycles. The highest BCUT2D eigenvalue weighted by atomic mass is 32.2. The number of amides is 1. The van der Waals surface area contributed by atoms with E-state index in [0.29, 0.717) is 5.75 Å². The van der Waals surface area contributed by atoms with Crippen LogP contribution in [0.3, 0.4) is 0 Å². The van der Waals surface area contributed by atoms with Crippen molar-refractivity contribution in [3.8, 4) is 5.75 Å². The highest BCUT2D eigenvalue weighted by Gasteiger charge is 2.03. The molecule has 0 saturated heterocycles. The molecule has 2 aromatic rings. The van der Waals surface area contributed by atoms with Crippen molar-refractivity contribution in [1.29, 1.82) is 0 Å². The van der Waals surface area contributed by atoms with Crippen LogP contribution in [0.2, 0.25) is 0 Å². The van der Waals surface area contributed by atoms with E-state index < -0.39 is 0 Å². The lowest BCUT2D eigenvalue weighted by molar-refractivity contribution is -0.118. The number of ether oxygens (including phenoxy) is 1. The summed E-state index contributed by atoms with van der Waals surface area (Å²) in [4.78, 5) is 11.8. The first kappa shape index (κ1) is 17.1. The summed E-state index contributed by atoms with van der Waals surface area (Å²) in [6.45, 7) is 2.08. The van der Waals surface area contributed by atoms with Gasteiger partial charge in [-0.2, -0.15) is 5.10 Å². The average molecular weight is 328 g/mol. The Hall–Kier alpha value is -2.27. The lowest BCUT2D eigenvalue weighted by atomic mass is 10.1. The Bertz CT molecular complexity index is 686. The smallest absolute Gasteiger partial charge is 0.250 e. The molecule has 0 heterocycles. The van der Waals surface area contributed by atoms with Crippen molar-refractivity contribution in [1.82, 2.24) is 5.43 Å². The van der Waals surface area contributed by atoms with E-state index in [1.165, 1.54) is 11.1 Å². The van der Waals surface area contributed by atoms with Crippen LogP contribution >= 0.6 is 11.8 Å². The third-order valence-corrected chi connectivity index (χ3v) is 4.27. The van der Waals surface area contributed by atoms with Crippen molar-refractivity contribution >= 4 is 23.9 Å². The van der Waals surface area contributed by atoms with E-state index in [4.69, 9.17) is 4.74 Å². The normalized spacial score (nSPS) is 10.7. The Morgan fingerprint density at radius 3 is 2.74 bits per heavy atom. The molecule has 1 amide bonds. The summed E-state index contributed by atoms with van der Waals surface area (Å²) in [5.74, 6) is 1.79. The van der Waals surface area contributed by atoms with Gasteiger partial charge in [0.15, 0.2) is 0 Å².